The van der Waals surface area contributed by atoms with Crippen LogP contribution in [0.1, 0.15) is 30.2 Å². The first-order valence-corrected chi connectivity index (χ1v) is 11.3. The second-order valence-electron chi connectivity index (χ2n) is 8.24. The summed E-state index contributed by atoms with van der Waals surface area (Å²) in [5.74, 6) is 1.02. The number of ether oxygens (including phenoxy) is 1. The average Bonchev–Trinajstić information content (AvgIpc) is 3.21. The Morgan fingerprint density at radius 2 is 1.97 bits per heavy atom. The molecule has 0 saturated carbocycles. The quantitative estimate of drug-likeness (QED) is 0.546. The van der Waals surface area contributed by atoms with Gasteiger partial charge in [-0.25, -0.2) is 4.98 Å². The summed E-state index contributed by atoms with van der Waals surface area (Å²) in [5.41, 5.74) is 3.08. The van der Waals surface area contributed by atoms with Gasteiger partial charge in [0, 0.05) is 10.9 Å². The summed E-state index contributed by atoms with van der Waals surface area (Å²) in [7, 11) is 1.55. The van der Waals surface area contributed by atoms with E-state index in [1.807, 2.05) is 25.1 Å². The van der Waals surface area contributed by atoms with Crippen LogP contribution in [-0.4, -0.2) is 55.0 Å². The van der Waals surface area contributed by atoms with Gasteiger partial charge in [0.1, 0.15) is 11.3 Å². The van der Waals surface area contributed by atoms with Crippen molar-refractivity contribution >= 4 is 40.2 Å². The van der Waals surface area contributed by atoms with Crippen LogP contribution in [0, 0.1) is 6.92 Å². The zero-order valence-corrected chi connectivity index (χ0v) is 19.4. The summed E-state index contributed by atoms with van der Waals surface area (Å²) in [6.45, 7) is 3.59. The molecule has 0 unspecified atom stereocenters. The molecule has 1 fully saturated rings. The predicted molar refractivity (Wildman–Crippen MR) is 127 cm³/mol. The van der Waals surface area contributed by atoms with Crippen LogP contribution in [0.25, 0.3) is 11.1 Å². The number of rotatable bonds is 7. The second-order valence-corrected chi connectivity index (χ2v) is 8.68. The number of aromatic nitrogens is 1. The Hall–Kier alpha value is -3.10. The summed E-state index contributed by atoms with van der Waals surface area (Å²) >= 11 is 6.03. The molecule has 2 heterocycles. The molecular formula is C24H27ClN4O4. The zero-order chi connectivity index (χ0) is 23.4. The van der Waals surface area contributed by atoms with E-state index >= 15 is 0 Å². The number of methoxy groups -OCH3 is 1. The fourth-order valence-electron chi connectivity index (χ4n) is 3.98. The fourth-order valence-corrected chi connectivity index (χ4v) is 4.15. The van der Waals surface area contributed by atoms with Crippen LogP contribution in [0.5, 0.6) is 5.75 Å². The van der Waals surface area contributed by atoms with E-state index in [4.69, 9.17) is 20.8 Å². The lowest BCUT2D eigenvalue weighted by Crippen LogP contribution is -2.43. The number of anilines is 1. The summed E-state index contributed by atoms with van der Waals surface area (Å²) < 4.78 is 11.2. The molecule has 174 valence electrons. The van der Waals surface area contributed by atoms with E-state index in [0.717, 1.165) is 48.5 Å². The molecular weight excluding hydrogens is 444 g/mol. The number of carbonyl (C=O) groups is 2. The molecule has 4 rings (SSSR count). The Labute approximate surface area is 197 Å². The van der Waals surface area contributed by atoms with Crippen LogP contribution < -0.4 is 15.4 Å². The molecule has 8 nitrogen and oxygen atoms in total. The number of carbonyl (C=O) groups excluding carboxylic acids is 2. The van der Waals surface area contributed by atoms with E-state index in [2.05, 4.69) is 20.5 Å². The van der Waals surface area contributed by atoms with Gasteiger partial charge in [-0.05, 0) is 68.8 Å². The first-order chi connectivity index (χ1) is 15.9. The van der Waals surface area contributed by atoms with Crippen molar-refractivity contribution in [1.29, 1.82) is 0 Å². The Morgan fingerprint density at radius 3 is 2.73 bits per heavy atom. The van der Waals surface area contributed by atoms with Gasteiger partial charge in [-0.3, -0.25) is 14.5 Å². The van der Waals surface area contributed by atoms with Gasteiger partial charge in [-0.2, -0.15) is 0 Å². The molecule has 0 atom stereocenters. The third-order valence-electron chi connectivity index (χ3n) is 5.75. The highest BCUT2D eigenvalue weighted by atomic mass is 35.5. The van der Waals surface area contributed by atoms with Crippen LogP contribution in [0.2, 0.25) is 5.02 Å². The lowest BCUT2D eigenvalue weighted by atomic mass is 9.97. The largest absolute Gasteiger partial charge is 0.495 e. The van der Waals surface area contributed by atoms with Crippen LogP contribution >= 0.6 is 11.6 Å². The number of hydrogen-bond acceptors (Lipinski definition) is 6. The van der Waals surface area contributed by atoms with Gasteiger partial charge in [-0.1, -0.05) is 17.7 Å². The lowest BCUT2D eigenvalue weighted by molar-refractivity contribution is -0.125. The van der Waals surface area contributed by atoms with Gasteiger partial charge >= 0.3 is 0 Å². The molecule has 1 aromatic heterocycles. The second kappa shape index (κ2) is 10.2. The van der Waals surface area contributed by atoms with E-state index in [1.165, 1.54) is 0 Å². The number of halogens is 1. The molecule has 1 aliphatic rings. The maximum absolute atomic E-state index is 12.3. The number of oxazole rings is 1. The third kappa shape index (κ3) is 5.83. The van der Waals surface area contributed by atoms with Gasteiger partial charge in [-0.15, -0.1) is 0 Å². The van der Waals surface area contributed by atoms with Gasteiger partial charge < -0.3 is 19.8 Å². The topological polar surface area (TPSA) is 96.7 Å². The molecule has 0 bridgehead atoms. The molecule has 33 heavy (non-hydrogen) atoms. The SMILES string of the molecule is COc1ccc(C)cc1NC(=O)CNC(=O)CN1CCC(c2nc3cc(Cl)ccc3o2)CC1. The van der Waals surface area contributed by atoms with Crippen molar-refractivity contribution < 1.29 is 18.7 Å². The van der Waals surface area contributed by atoms with Crippen molar-refractivity contribution in [2.45, 2.75) is 25.7 Å². The number of likely N-dealkylation sites (tertiary alicyclic amines) is 1. The van der Waals surface area contributed by atoms with Gasteiger partial charge in [0.2, 0.25) is 11.8 Å². The van der Waals surface area contributed by atoms with Crippen LogP contribution in [0.4, 0.5) is 5.69 Å². The van der Waals surface area contributed by atoms with E-state index < -0.39 is 0 Å². The molecule has 1 aliphatic heterocycles. The molecule has 0 radical (unpaired) electrons. The average molecular weight is 471 g/mol. The molecule has 0 aliphatic carbocycles. The van der Waals surface area contributed by atoms with Crippen molar-refractivity contribution in [2.75, 3.05) is 38.6 Å². The van der Waals surface area contributed by atoms with E-state index in [1.54, 1.807) is 25.3 Å². The van der Waals surface area contributed by atoms with E-state index in [9.17, 15) is 9.59 Å². The van der Waals surface area contributed by atoms with Crippen LogP contribution in [-0.2, 0) is 9.59 Å². The van der Waals surface area contributed by atoms with Crippen molar-refractivity contribution in [3.8, 4) is 5.75 Å². The smallest absolute Gasteiger partial charge is 0.243 e. The number of nitrogens with zero attached hydrogens (tertiary/aromatic N) is 2. The van der Waals surface area contributed by atoms with Gasteiger partial charge in [0.05, 0.1) is 25.9 Å². The molecule has 1 saturated heterocycles. The molecule has 0 spiro atoms. The Kier molecular flexibility index (Phi) is 7.15. The van der Waals surface area contributed by atoms with Gasteiger partial charge in [0.15, 0.2) is 11.5 Å². The number of aryl methyl sites for hydroxylation is 1. The Morgan fingerprint density at radius 1 is 1.18 bits per heavy atom. The summed E-state index contributed by atoms with van der Waals surface area (Å²) in [5, 5.41) is 6.11. The normalized spacial score (nSPS) is 14.9. The number of nitrogens with one attached hydrogen (secondary N) is 2. The fraction of sp³-hybridized carbons (Fsp3) is 0.375. The van der Waals surface area contributed by atoms with Crippen molar-refractivity contribution in [2.24, 2.45) is 0 Å². The predicted octanol–water partition coefficient (Wildman–Crippen LogP) is 3.73. The summed E-state index contributed by atoms with van der Waals surface area (Å²) in [6.07, 6.45) is 1.70. The highest BCUT2D eigenvalue weighted by Crippen LogP contribution is 2.30. The monoisotopic (exact) mass is 470 g/mol. The Bertz CT molecular complexity index is 1150. The lowest BCUT2D eigenvalue weighted by Gasteiger charge is -2.29. The maximum atomic E-state index is 12.3. The number of fused-ring (bicyclic) bond motifs is 1. The molecule has 3 aromatic rings. The standard InChI is InChI=1S/C24H27ClN4O4/c1-15-3-5-20(32-2)18(11-15)27-22(30)13-26-23(31)14-29-9-7-16(8-10-29)24-28-19-12-17(25)4-6-21(19)33-24/h3-6,11-12,16H,7-10,13-14H2,1-2H3,(H,26,31)(H,27,30). The summed E-state index contributed by atoms with van der Waals surface area (Å²) in [4.78, 5) is 31.3. The van der Waals surface area contributed by atoms with E-state index in [0.29, 0.717) is 16.5 Å². The number of benzene rings is 2. The summed E-state index contributed by atoms with van der Waals surface area (Å²) in [6, 6.07) is 10.9. The van der Waals surface area contributed by atoms with Crippen molar-refractivity contribution in [3.63, 3.8) is 0 Å². The minimum absolute atomic E-state index is 0.0993. The van der Waals surface area contributed by atoms with Crippen LogP contribution in [0.15, 0.2) is 40.8 Å². The number of amides is 2. The highest BCUT2D eigenvalue weighted by molar-refractivity contribution is 6.31. The molecule has 2 aromatic carbocycles. The van der Waals surface area contributed by atoms with Gasteiger partial charge in [0.25, 0.3) is 0 Å². The zero-order valence-electron chi connectivity index (χ0n) is 18.7. The van der Waals surface area contributed by atoms with Crippen molar-refractivity contribution in [3.05, 3.63) is 52.9 Å². The minimum atomic E-state index is -0.304. The first-order valence-electron chi connectivity index (χ1n) is 10.9. The maximum Gasteiger partial charge on any atom is 0.243 e. The third-order valence-corrected chi connectivity index (χ3v) is 5.98. The molecule has 2 N–H and O–H groups in total. The minimum Gasteiger partial charge on any atom is -0.495 e. The Balaban J connectivity index is 1.22. The number of piperidine rings is 1. The van der Waals surface area contributed by atoms with Crippen molar-refractivity contribution in [1.82, 2.24) is 15.2 Å². The molecule has 2 amide bonds. The van der Waals surface area contributed by atoms with E-state index in [-0.39, 0.29) is 30.8 Å². The number of hydrogen-bond donors (Lipinski definition) is 2. The molecule has 9 heteroatoms. The van der Waals surface area contributed by atoms with Crippen LogP contribution in [0.3, 0.4) is 0 Å². The first kappa shape index (κ1) is 23.1. The highest BCUT2D eigenvalue weighted by Gasteiger charge is 2.25.